The number of nitrogens with zero attached hydrogens (tertiary/aromatic N) is 2. The number of hydrogen-bond donors (Lipinski definition) is 2. The lowest BCUT2D eigenvalue weighted by molar-refractivity contribution is 0.0825. The number of aliphatic hydroxyl groups is 1. The Kier molecular flexibility index (Phi) is 12.1. The minimum atomic E-state index is -1.07. The fourth-order valence-electron chi connectivity index (χ4n) is 4.01. The van der Waals surface area contributed by atoms with Crippen LogP contribution in [0.25, 0.3) is 0 Å². The molecule has 2 aromatic rings. The van der Waals surface area contributed by atoms with Crippen molar-refractivity contribution >= 4 is 41.9 Å². The second kappa shape index (κ2) is 15.0. The molecule has 0 amide bonds. The number of benzene rings is 2. The van der Waals surface area contributed by atoms with Gasteiger partial charge in [0.15, 0.2) is 8.30 Å². The standard InChI is InChI=1S/C19H30N3O3PS.C7H8S/c1-3-22-13-14-25-26(22)17-5-6-18(19(15-17)27(2)24)20-9-4-10-21-11-7-16(23)8-12-21;1-8-7-5-3-2-4-6-7/h3,5-6,15-16,20,23H,1,4,7-14H2,2H3;2-6H,1H3. The van der Waals surface area contributed by atoms with E-state index >= 15 is 0 Å². The Morgan fingerprint density at radius 3 is 2.60 bits per heavy atom. The average Bonchev–Trinajstić information content (AvgIpc) is 3.37. The molecule has 2 N–H and O–H groups in total. The van der Waals surface area contributed by atoms with Gasteiger partial charge in [0.25, 0.3) is 0 Å². The van der Waals surface area contributed by atoms with Gasteiger partial charge < -0.3 is 24.5 Å². The van der Waals surface area contributed by atoms with E-state index in [4.69, 9.17) is 4.52 Å². The van der Waals surface area contributed by atoms with Crippen molar-refractivity contribution in [2.45, 2.75) is 35.2 Å². The predicted molar refractivity (Wildman–Crippen MR) is 151 cm³/mol. The summed E-state index contributed by atoms with van der Waals surface area (Å²) in [6.07, 6.45) is 8.27. The zero-order valence-electron chi connectivity index (χ0n) is 20.8. The van der Waals surface area contributed by atoms with E-state index in [0.717, 1.165) is 67.9 Å². The van der Waals surface area contributed by atoms with Crippen LogP contribution in [-0.2, 0) is 15.3 Å². The quantitative estimate of drug-likeness (QED) is 0.278. The first-order valence-corrected chi connectivity index (χ1v) is 16.0. The molecule has 192 valence electrons. The van der Waals surface area contributed by atoms with Gasteiger partial charge in [0.2, 0.25) is 0 Å². The molecule has 4 rings (SSSR count). The maximum absolute atomic E-state index is 12.3. The van der Waals surface area contributed by atoms with E-state index in [-0.39, 0.29) is 6.10 Å². The van der Waals surface area contributed by atoms with Gasteiger partial charge in [-0.05, 0) is 68.6 Å². The number of nitrogens with one attached hydrogen (secondary N) is 1. The van der Waals surface area contributed by atoms with Crippen LogP contribution in [0.15, 0.2) is 71.1 Å². The number of rotatable bonds is 9. The number of thioether (sulfide) groups is 1. The summed E-state index contributed by atoms with van der Waals surface area (Å²) in [5.41, 5.74) is 0.938. The maximum atomic E-state index is 12.3. The molecule has 6 nitrogen and oxygen atoms in total. The predicted octanol–water partition coefficient (Wildman–Crippen LogP) is 4.50. The Balaban J connectivity index is 0.000000363. The normalized spacial score (nSPS) is 19.6. The first kappa shape index (κ1) is 28.2. The van der Waals surface area contributed by atoms with Gasteiger partial charge in [-0.15, -0.1) is 11.8 Å². The molecule has 2 aliphatic heterocycles. The summed E-state index contributed by atoms with van der Waals surface area (Å²) < 4.78 is 20.3. The highest BCUT2D eigenvalue weighted by Gasteiger charge is 2.26. The molecule has 0 spiro atoms. The van der Waals surface area contributed by atoms with E-state index in [1.165, 1.54) is 4.90 Å². The molecule has 35 heavy (non-hydrogen) atoms. The van der Waals surface area contributed by atoms with Crippen LogP contribution in [0.4, 0.5) is 5.69 Å². The van der Waals surface area contributed by atoms with Crippen molar-refractivity contribution in [3.8, 4) is 0 Å². The Morgan fingerprint density at radius 1 is 1.23 bits per heavy atom. The number of anilines is 1. The van der Waals surface area contributed by atoms with Crippen molar-refractivity contribution in [1.82, 2.24) is 9.57 Å². The van der Waals surface area contributed by atoms with Crippen molar-refractivity contribution in [3.05, 3.63) is 61.3 Å². The topological polar surface area (TPSA) is 65.0 Å². The van der Waals surface area contributed by atoms with E-state index in [1.54, 1.807) is 18.0 Å². The molecule has 9 heteroatoms. The third-order valence-corrected chi connectivity index (χ3v) is 9.65. The van der Waals surface area contributed by atoms with Crippen molar-refractivity contribution in [2.75, 3.05) is 57.2 Å². The summed E-state index contributed by atoms with van der Waals surface area (Å²) in [5.74, 6) is 0. The monoisotopic (exact) mass is 535 g/mol. The summed E-state index contributed by atoms with van der Waals surface area (Å²) in [4.78, 5) is 4.56. The van der Waals surface area contributed by atoms with Crippen LogP contribution in [0.1, 0.15) is 19.3 Å². The van der Waals surface area contributed by atoms with Crippen molar-refractivity contribution < 1.29 is 13.8 Å². The fourth-order valence-corrected chi connectivity index (χ4v) is 6.97. The molecule has 0 saturated carbocycles. The van der Waals surface area contributed by atoms with Crippen molar-refractivity contribution in [1.29, 1.82) is 0 Å². The zero-order chi connectivity index (χ0) is 25.0. The van der Waals surface area contributed by atoms with Gasteiger partial charge in [0.1, 0.15) is 0 Å². The molecule has 0 aromatic heterocycles. The Morgan fingerprint density at radius 2 is 1.97 bits per heavy atom. The summed E-state index contributed by atoms with van der Waals surface area (Å²) in [6, 6.07) is 16.4. The van der Waals surface area contributed by atoms with Crippen LogP contribution in [0.3, 0.4) is 0 Å². The zero-order valence-corrected chi connectivity index (χ0v) is 23.3. The smallest absolute Gasteiger partial charge is 0.166 e. The lowest BCUT2D eigenvalue weighted by atomic mass is 10.1. The summed E-state index contributed by atoms with van der Waals surface area (Å²) in [6.45, 7) is 9.23. The van der Waals surface area contributed by atoms with Crippen LogP contribution in [0.2, 0.25) is 0 Å². The molecule has 2 aliphatic rings. The molecule has 2 fully saturated rings. The van der Waals surface area contributed by atoms with Gasteiger partial charge in [0, 0.05) is 42.6 Å². The Hall–Kier alpha value is -1.41. The lowest BCUT2D eigenvalue weighted by Crippen LogP contribution is -2.36. The summed E-state index contributed by atoms with van der Waals surface area (Å²) >= 11 is 1.77. The first-order chi connectivity index (χ1) is 17.0. The highest BCUT2D eigenvalue weighted by atomic mass is 32.2. The third kappa shape index (κ3) is 8.88. The largest absolute Gasteiger partial charge is 0.393 e. The van der Waals surface area contributed by atoms with Crippen LogP contribution in [0, 0.1) is 0 Å². The highest BCUT2D eigenvalue weighted by molar-refractivity contribution is 7.98. The van der Waals surface area contributed by atoms with Crippen LogP contribution >= 0.6 is 20.1 Å². The van der Waals surface area contributed by atoms with Gasteiger partial charge in [0.05, 0.1) is 34.1 Å². The molecule has 2 unspecified atom stereocenters. The number of likely N-dealkylation sites (tertiary alicyclic amines) is 1. The molecule has 0 aliphatic carbocycles. The average molecular weight is 536 g/mol. The Labute approximate surface area is 218 Å². The van der Waals surface area contributed by atoms with Crippen molar-refractivity contribution in [3.63, 3.8) is 0 Å². The lowest BCUT2D eigenvalue weighted by Gasteiger charge is -2.29. The first-order valence-electron chi connectivity index (χ1n) is 12.0. The minimum absolute atomic E-state index is 0.123. The molecule has 2 atom stereocenters. The van der Waals surface area contributed by atoms with E-state index in [1.807, 2.05) is 36.5 Å². The SMILES string of the molecule is C=CN1CCOP1c1ccc(NCCCN2CCC(O)CC2)c(S(C)=O)c1.CSc1ccccc1. The number of hydrogen-bond acceptors (Lipinski definition) is 7. The number of aliphatic hydroxyl groups excluding tert-OH is 1. The molecule has 0 radical (unpaired) electrons. The molecule has 2 heterocycles. The van der Waals surface area contributed by atoms with E-state index < -0.39 is 19.1 Å². The van der Waals surface area contributed by atoms with Crippen LogP contribution < -0.4 is 10.6 Å². The minimum Gasteiger partial charge on any atom is -0.393 e. The summed E-state index contributed by atoms with van der Waals surface area (Å²) in [7, 11) is -1.93. The molecular weight excluding hydrogens is 497 g/mol. The number of piperidine rings is 1. The third-order valence-electron chi connectivity index (χ3n) is 5.98. The van der Waals surface area contributed by atoms with Gasteiger partial charge >= 0.3 is 0 Å². The van der Waals surface area contributed by atoms with Crippen LogP contribution in [-0.4, -0.2) is 76.8 Å². The van der Waals surface area contributed by atoms with Crippen molar-refractivity contribution in [2.24, 2.45) is 0 Å². The van der Waals surface area contributed by atoms with Gasteiger partial charge in [-0.1, -0.05) is 24.8 Å². The van der Waals surface area contributed by atoms with Gasteiger partial charge in [-0.25, -0.2) is 0 Å². The van der Waals surface area contributed by atoms with Gasteiger partial charge in [-0.3, -0.25) is 4.21 Å². The van der Waals surface area contributed by atoms with E-state index in [9.17, 15) is 9.32 Å². The molecule has 2 saturated heterocycles. The molecule has 0 bridgehead atoms. The Bertz CT molecular complexity index is 943. The highest BCUT2D eigenvalue weighted by Crippen LogP contribution is 2.45. The van der Waals surface area contributed by atoms with Gasteiger partial charge in [-0.2, -0.15) is 0 Å². The molecule has 2 aromatic carbocycles. The van der Waals surface area contributed by atoms with E-state index in [2.05, 4.69) is 45.9 Å². The van der Waals surface area contributed by atoms with E-state index in [0.29, 0.717) is 6.61 Å². The summed E-state index contributed by atoms with van der Waals surface area (Å²) in [5, 5.41) is 14.1. The van der Waals surface area contributed by atoms with Crippen LogP contribution in [0.5, 0.6) is 0 Å². The molecular formula is C26H38N3O3PS2. The fraction of sp³-hybridized carbons (Fsp3) is 0.462. The maximum Gasteiger partial charge on any atom is 0.166 e. The second-order valence-corrected chi connectivity index (χ2v) is 12.5. The second-order valence-electron chi connectivity index (χ2n) is 8.46.